The summed E-state index contributed by atoms with van der Waals surface area (Å²) >= 11 is 5.80. The second kappa shape index (κ2) is 7.35. The maximum atomic E-state index is 10.9. The van der Waals surface area contributed by atoms with Crippen LogP contribution in [-0.2, 0) is 6.54 Å². The maximum Gasteiger partial charge on any atom is 0.272 e. The first-order valence-electron chi connectivity index (χ1n) is 6.85. The molecule has 0 heterocycles. The summed E-state index contributed by atoms with van der Waals surface area (Å²) in [5.41, 5.74) is 2.32. The van der Waals surface area contributed by atoms with Crippen molar-refractivity contribution in [1.29, 1.82) is 0 Å². The lowest BCUT2D eigenvalue weighted by Gasteiger charge is -2.12. The smallest absolute Gasteiger partial charge is 0.272 e. The van der Waals surface area contributed by atoms with Crippen LogP contribution in [0.1, 0.15) is 22.8 Å². The molecule has 0 bridgehead atoms. The number of hydrogen-bond donors (Lipinski definition) is 2. The molecule has 0 aliphatic heterocycles. The third-order valence-corrected chi connectivity index (χ3v) is 3.64. The normalized spacial score (nSPS) is 12.1. The number of nitro benzene ring substituents is 1. The fraction of sp³-hybridized carbons (Fsp3) is 0.250. The molecule has 1 unspecified atom stereocenters. The lowest BCUT2D eigenvalue weighted by Crippen LogP contribution is -2.21. The minimum Gasteiger partial charge on any atom is -0.387 e. The van der Waals surface area contributed by atoms with Crippen LogP contribution in [0.15, 0.2) is 42.5 Å². The van der Waals surface area contributed by atoms with Crippen LogP contribution < -0.4 is 5.32 Å². The van der Waals surface area contributed by atoms with E-state index in [2.05, 4.69) is 5.32 Å². The predicted octanol–water partition coefficient (Wildman–Crippen LogP) is 3.38. The van der Waals surface area contributed by atoms with E-state index in [9.17, 15) is 15.2 Å². The number of nitro groups is 1. The van der Waals surface area contributed by atoms with Crippen molar-refractivity contribution in [2.75, 3.05) is 6.54 Å². The highest BCUT2D eigenvalue weighted by atomic mass is 35.5. The summed E-state index contributed by atoms with van der Waals surface area (Å²) in [6.07, 6.45) is -0.655. The molecule has 116 valence electrons. The molecular formula is C16H17ClN2O3. The third-order valence-electron chi connectivity index (χ3n) is 3.39. The van der Waals surface area contributed by atoms with Gasteiger partial charge in [0.25, 0.3) is 5.69 Å². The molecule has 0 aliphatic rings. The lowest BCUT2D eigenvalue weighted by molar-refractivity contribution is -0.385. The van der Waals surface area contributed by atoms with Crippen molar-refractivity contribution in [3.63, 3.8) is 0 Å². The van der Waals surface area contributed by atoms with Gasteiger partial charge in [-0.15, -0.1) is 0 Å². The summed E-state index contributed by atoms with van der Waals surface area (Å²) in [5, 5.41) is 24.7. The van der Waals surface area contributed by atoms with Gasteiger partial charge in [0, 0.05) is 29.7 Å². The topological polar surface area (TPSA) is 75.4 Å². The molecule has 6 heteroatoms. The Morgan fingerprint density at radius 1 is 1.27 bits per heavy atom. The Labute approximate surface area is 133 Å². The zero-order valence-electron chi connectivity index (χ0n) is 12.1. The molecule has 2 N–H and O–H groups in total. The second-order valence-corrected chi connectivity index (χ2v) is 5.51. The molecule has 5 nitrogen and oxygen atoms in total. The molecule has 0 amide bonds. The Hall–Kier alpha value is -1.95. The van der Waals surface area contributed by atoms with Gasteiger partial charge in [0.05, 0.1) is 11.0 Å². The van der Waals surface area contributed by atoms with Gasteiger partial charge in [-0.2, -0.15) is 0 Å². The zero-order chi connectivity index (χ0) is 16.1. The number of halogens is 1. The van der Waals surface area contributed by atoms with Crippen LogP contribution in [-0.4, -0.2) is 16.6 Å². The van der Waals surface area contributed by atoms with Crippen molar-refractivity contribution in [2.24, 2.45) is 0 Å². The minimum atomic E-state index is -0.655. The summed E-state index contributed by atoms with van der Waals surface area (Å²) in [4.78, 5) is 10.5. The molecule has 0 radical (unpaired) electrons. The van der Waals surface area contributed by atoms with E-state index in [-0.39, 0.29) is 10.6 Å². The fourth-order valence-corrected chi connectivity index (χ4v) is 2.24. The number of aliphatic hydroxyl groups is 1. The van der Waals surface area contributed by atoms with Crippen molar-refractivity contribution in [3.05, 3.63) is 74.3 Å². The van der Waals surface area contributed by atoms with Crippen molar-refractivity contribution < 1.29 is 10.0 Å². The number of benzene rings is 2. The van der Waals surface area contributed by atoms with Gasteiger partial charge in [0.15, 0.2) is 0 Å². The summed E-state index contributed by atoms with van der Waals surface area (Å²) in [6.45, 7) is 2.51. The third kappa shape index (κ3) is 4.27. The zero-order valence-corrected chi connectivity index (χ0v) is 12.9. The monoisotopic (exact) mass is 320 g/mol. The van der Waals surface area contributed by atoms with Crippen LogP contribution in [0.4, 0.5) is 5.69 Å². The molecule has 0 spiro atoms. The summed E-state index contributed by atoms with van der Waals surface area (Å²) < 4.78 is 0. The first-order chi connectivity index (χ1) is 10.5. The molecule has 0 aromatic heterocycles. The van der Waals surface area contributed by atoms with Gasteiger partial charge in [-0.25, -0.2) is 0 Å². The van der Waals surface area contributed by atoms with E-state index in [0.29, 0.717) is 23.7 Å². The molecule has 2 aromatic carbocycles. The minimum absolute atomic E-state index is 0.109. The van der Waals surface area contributed by atoms with Crippen LogP contribution in [0.2, 0.25) is 5.02 Å². The number of rotatable bonds is 6. The number of nitrogens with one attached hydrogen (secondary N) is 1. The van der Waals surface area contributed by atoms with Gasteiger partial charge in [-0.1, -0.05) is 35.9 Å². The second-order valence-electron chi connectivity index (χ2n) is 5.08. The van der Waals surface area contributed by atoms with E-state index in [1.165, 1.54) is 0 Å². The van der Waals surface area contributed by atoms with E-state index >= 15 is 0 Å². The molecule has 0 saturated carbocycles. The molecule has 0 fully saturated rings. The average molecular weight is 321 g/mol. The Morgan fingerprint density at radius 2 is 1.95 bits per heavy atom. The average Bonchev–Trinajstić information content (AvgIpc) is 2.49. The van der Waals surface area contributed by atoms with Crippen molar-refractivity contribution in [1.82, 2.24) is 5.32 Å². The van der Waals surface area contributed by atoms with Crippen LogP contribution in [0.25, 0.3) is 0 Å². The van der Waals surface area contributed by atoms with Gasteiger partial charge in [0.2, 0.25) is 0 Å². The molecule has 22 heavy (non-hydrogen) atoms. The first-order valence-corrected chi connectivity index (χ1v) is 7.23. The highest BCUT2D eigenvalue weighted by molar-refractivity contribution is 6.30. The molecule has 2 rings (SSSR count). The van der Waals surface area contributed by atoms with E-state index < -0.39 is 6.10 Å². The number of hydrogen-bond acceptors (Lipinski definition) is 4. The highest BCUT2D eigenvalue weighted by Crippen LogP contribution is 2.19. The predicted molar refractivity (Wildman–Crippen MR) is 86.0 cm³/mol. The van der Waals surface area contributed by atoms with E-state index in [4.69, 9.17) is 11.6 Å². The largest absolute Gasteiger partial charge is 0.387 e. The van der Waals surface area contributed by atoms with E-state index in [1.807, 2.05) is 6.07 Å². The summed E-state index contributed by atoms with van der Waals surface area (Å²) in [7, 11) is 0. The Bertz CT molecular complexity index is 659. The molecule has 0 aliphatic carbocycles. The number of aliphatic hydroxyl groups excluding tert-OH is 1. The van der Waals surface area contributed by atoms with Gasteiger partial charge in [-0.3, -0.25) is 10.1 Å². The SMILES string of the molecule is Cc1ccc(CNCC(O)c2ccc(Cl)cc2)cc1[N+](=O)[O-]. The number of nitrogens with zero attached hydrogens (tertiary/aromatic N) is 1. The van der Waals surface area contributed by atoms with Crippen LogP contribution in [0.3, 0.4) is 0 Å². The highest BCUT2D eigenvalue weighted by Gasteiger charge is 2.11. The Balaban J connectivity index is 1.92. The van der Waals surface area contributed by atoms with E-state index in [0.717, 1.165) is 11.1 Å². The quantitative estimate of drug-likeness (QED) is 0.632. The van der Waals surface area contributed by atoms with Crippen molar-refractivity contribution in [3.8, 4) is 0 Å². The molecular weight excluding hydrogens is 304 g/mol. The van der Waals surface area contributed by atoms with Crippen molar-refractivity contribution in [2.45, 2.75) is 19.6 Å². The number of aryl methyl sites for hydroxylation is 1. The van der Waals surface area contributed by atoms with E-state index in [1.54, 1.807) is 43.3 Å². The van der Waals surface area contributed by atoms with Gasteiger partial charge >= 0.3 is 0 Å². The van der Waals surface area contributed by atoms with Crippen LogP contribution in [0, 0.1) is 17.0 Å². The summed E-state index contributed by atoms with van der Waals surface area (Å²) in [6, 6.07) is 12.1. The first kappa shape index (κ1) is 16.4. The van der Waals surface area contributed by atoms with Crippen molar-refractivity contribution >= 4 is 17.3 Å². The van der Waals surface area contributed by atoms with Gasteiger partial charge in [-0.05, 0) is 30.2 Å². The molecule has 1 atom stereocenters. The molecule has 2 aromatic rings. The maximum absolute atomic E-state index is 10.9. The standard InChI is InChI=1S/C16H17ClN2O3/c1-11-2-3-12(8-15(11)19(21)22)9-18-10-16(20)13-4-6-14(17)7-5-13/h2-8,16,18,20H,9-10H2,1H3. The summed E-state index contributed by atoms with van der Waals surface area (Å²) in [5.74, 6) is 0. The van der Waals surface area contributed by atoms with Gasteiger partial charge < -0.3 is 10.4 Å². The molecule has 0 saturated heterocycles. The van der Waals surface area contributed by atoms with Gasteiger partial charge in [0.1, 0.15) is 0 Å². The van der Waals surface area contributed by atoms with Crippen LogP contribution >= 0.6 is 11.6 Å². The Kier molecular flexibility index (Phi) is 5.49. The Morgan fingerprint density at radius 3 is 2.59 bits per heavy atom. The lowest BCUT2D eigenvalue weighted by atomic mass is 10.1. The van der Waals surface area contributed by atoms with Crippen LogP contribution in [0.5, 0.6) is 0 Å². The fourth-order valence-electron chi connectivity index (χ4n) is 2.12.